The number of benzene rings is 1. The van der Waals surface area contributed by atoms with Crippen molar-refractivity contribution in [3.8, 4) is 0 Å². The van der Waals surface area contributed by atoms with Crippen LogP contribution in [0, 0.1) is 0 Å². The van der Waals surface area contributed by atoms with E-state index in [-0.39, 0.29) is 0 Å². The van der Waals surface area contributed by atoms with Crippen LogP contribution in [0.15, 0.2) is 24.3 Å². The van der Waals surface area contributed by atoms with Crippen LogP contribution in [0.5, 0.6) is 0 Å². The second kappa shape index (κ2) is 5.25. The van der Waals surface area contributed by atoms with Crippen LogP contribution in [0.1, 0.15) is 6.92 Å². The molecule has 0 saturated carbocycles. The van der Waals surface area contributed by atoms with Crippen molar-refractivity contribution < 1.29 is 0 Å². The van der Waals surface area contributed by atoms with Crippen molar-refractivity contribution in [2.24, 2.45) is 5.73 Å². The molecule has 1 heterocycles. The first kappa shape index (κ1) is 12.7. The van der Waals surface area contributed by atoms with Crippen molar-refractivity contribution in [2.45, 2.75) is 19.0 Å². The van der Waals surface area contributed by atoms with Crippen molar-refractivity contribution in [1.29, 1.82) is 0 Å². The quantitative estimate of drug-likeness (QED) is 0.873. The van der Waals surface area contributed by atoms with Gasteiger partial charge in [-0.2, -0.15) is 0 Å². The van der Waals surface area contributed by atoms with Gasteiger partial charge in [-0.15, -0.1) is 0 Å². The number of anilines is 1. The first-order valence-corrected chi connectivity index (χ1v) is 6.42. The molecule has 3 nitrogen and oxygen atoms in total. The van der Waals surface area contributed by atoms with E-state index >= 15 is 0 Å². The van der Waals surface area contributed by atoms with Gasteiger partial charge in [0.2, 0.25) is 0 Å². The summed E-state index contributed by atoms with van der Waals surface area (Å²) in [5, 5.41) is 0.783. The summed E-state index contributed by atoms with van der Waals surface area (Å²) in [6.07, 6.45) is 0. The van der Waals surface area contributed by atoms with Gasteiger partial charge in [0.25, 0.3) is 0 Å². The topological polar surface area (TPSA) is 32.5 Å². The first-order valence-electron chi connectivity index (χ1n) is 6.04. The van der Waals surface area contributed by atoms with E-state index in [0.29, 0.717) is 18.6 Å². The second-order valence-corrected chi connectivity index (χ2v) is 5.24. The highest BCUT2D eigenvalue weighted by Gasteiger charge is 2.28. The number of rotatable bonds is 2. The number of likely N-dealkylation sites (N-methyl/N-ethyl adjacent to an activating group) is 1. The molecular formula is C13H20ClN3. The second-order valence-electron chi connectivity index (χ2n) is 4.81. The molecule has 4 heteroatoms. The number of piperazine rings is 1. The van der Waals surface area contributed by atoms with Crippen LogP contribution < -0.4 is 10.6 Å². The third-order valence-electron chi connectivity index (χ3n) is 3.55. The molecule has 1 saturated heterocycles. The summed E-state index contributed by atoms with van der Waals surface area (Å²) in [7, 11) is 2.15. The minimum atomic E-state index is 0.432. The molecule has 0 aliphatic carbocycles. The highest BCUT2D eigenvalue weighted by atomic mass is 35.5. The van der Waals surface area contributed by atoms with E-state index in [1.165, 1.54) is 5.69 Å². The Morgan fingerprint density at radius 3 is 2.53 bits per heavy atom. The molecule has 17 heavy (non-hydrogen) atoms. The van der Waals surface area contributed by atoms with E-state index in [0.717, 1.165) is 18.1 Å². The van der Waals surface area contributed by atoms with Gasteiger partial charge in [-0.05, 0) is 38.2 Å². The van der Waals surface area contributed by atoms with Crippen molar-refractivity contribution in [3.05, 3.63) is 29.3 Å². The number of halogens is 1. The Labute approximate surface area is 108 Å². The number of hydrogen-bond donors (Lipinski definition) is 1. The highest BCUT2D eigenvalue weighted by Crippen LogP contribution is 2.23. The Balaban J connectivity index is 2.17. The molecule has 1 aliphatic heterocycles. The number of nitrogens with zero attached hydrogens (tertiary/aromatic N) is 2. The summed E-state index contributed by atoms with van der Waals surface area (Å²) in [4.78, 5) is 4.75. The molecule has 0 spiro atoms. The fraction of sp³-hybridized carbons (Fsp3) is 0.538. The van der Waals surface area contributed by atoms with Crippen molar-refractivity contribution in [3.63, 3.8) is 0 Å². The van der Waals surface area contributed by atoms with Gasteiger partial charge in [0.05, 0.1) is 0 Å². The van der Waals surface area contributed by atoms with Gasteiger partial charge >= 0.3 is 0 Å². The summed E-state index contributed by atoms with van der Waals surface area (Å²) in [6, 6.07) is 8.99. The maximum absolute atomic E-state index is 5.92. The molecule has 94 valence electrons. The first-order chi connectivity index (χ1) is 8.11. The van der Waals surface area contributed by atoms with Gasteiger partial charge in [0.1, 0.15) is 0 Å². The molecule has 0 amide bonds. The molecule has 1 aromatic rings. The summed E-state index contributed by atoms with van der Waals surface area (Å²) in [5.41, 5.74) is 7.04. The van der Waals surface area contributed by atoms with E-state index in [1.807, 2.05) is 12.1 Å². The lowest BCUT2D eigenvalue weighted by molar-refractivity contribution is 0.197. The van der Waals surface area contributed by atoms with Crippen LogP contribution in [0.25, 0.3) is 0 Å². The molecule has 1 fully saturated rings. The third-order valence-corrected chi connectivity index (χ3v) is 3.80. The number of nitrogens with two attached hydrogens (primary N) is 1. The predicted molar refractivity (Wildman–Crippen MR) is 73.7 cm³/mol. The molecule has 1 aliphatic rings. The summed E-state index contributed by atoms with van der Waals surface area (Å²) in [6.45, 7) is 4.98. The lowest BCUT2D eigenvalue weighted by Crippen LogP contribution is -2.58. The van der Waals surface area contributed by atoms with Crippen LogP contribution in [0.2, 0.25) is 5.02 Å². The molecule has 1 aromatic carbocycles. The van der Waals surface area contributed by atoms with Crippen LogP contribution in [0.4, 0.5) is 5.69 Å². The van der Waals surface area contributed by atoms with E-state index in [1.54, 1.807) is 0 Å². The molecule has 2 rings (SSSR count). The molecule has 2 atom stereocenters. The van der Waals surface area contributed by atoms with Crippen molar-refractivity contribution >= 4 is 17.3 Å². The van der Waals surface area contributed by atoms with Crippen molar-refractivity contribution in [2.75, 3.05) is 31.6 Å². The molecule has 0 aromatic heterocycles. The van der Waals surface area contributed by atoms with Gasteiger partial charge in [-0.3, -0.25) is 4.90 Å². The Hall–Kier alpha value is -0.770. The molecular weight excluding hydrogens is 234 g/mol. The molecule has 0 bridgehead atoms. The smallest absolute Gasteiger partial charge is 0.0407 e. The van der Waals surface area contributed by atoms with Crippen LogP contribution in [-0.4, -0.2) is 43.7 Å². The van der Waals surface area contributed by atoms with Crippen molar-refractivity contribution in [1.82, 2.24) is 4.90 Å². The van der Waals surface area contributed by atoms with Gasteiger partial charge in [-0.1, -0.05) is 11.6 Å². The fourth-order valence-corrected chi connectivity index (χ4v) is 2.58. The fourth-order valence-electron chi connectivity index (χ4n) is 2.46. The molecule has 2 N–H and O–H groups in total. The molecule has 0 radical (unpaired) electrons. The lowest BCUT2D eigenvalue weighted by Gasteiger charge is -2.44. The van der Waals surface area contributed by atoms with E-state index in [2.05, 4.69) is 35.9 Å². The van der Waals surface area contributed by atoms with Crippen LogP contribution >= 0.6 is 11.6 Å². The Morgan fingerprint density at radius 1 is 1.29 bits per heavy atom. The van der Waals surface area contributed by atoms with Gasteiger partial charge in [0.15, 0.2) is 0 Å². The largest absolute Gasteiger partial charge is 0.366 e. The average Bonchev–Trinajstić information content (AvgIpc) is 2.31. The Kier molecular flexibility index (Phi) is 3.92. The maximum Gasteiger partial charge on any atom is 0.0407 e. The summed E-state index contributed by atoms with van der Waals surface area (Å²) in [5.74, 6) is 0. The normalized spacial score (nSPS) is 26.2. The highest BCUT2D eigenvalue weighted by molar-refractivity contribution is 6.30. The maximum atomic E-state index is 5.92. The summed E-state index contributed by atoms with van der Waals surface area (Å²) >= 11 is 5.92. The summed E-state index contributed by atoms with van der Waals surface area (Å²) < 4.78 is 0. The SMILES string of the molecule is CC1CN(C)C(CN)CN1c1ccc(Cl)cc1. The van der Waals surface area contributed by atoms with Crippen LogP contribution in [-0.2, 0) is 0 Å². The van der Waals surface area contributed by atoms with Crippen LogP contribution in [0.3, 0.4) is 0 Å². The predicted octanol–water partition coefficient (Wildman–Crippen LogP) is 1.81. The Morgan fingerprint density at radius 2 is 1.94 bits per heavy atom. The third kappa shape index (κ3) is 2.73. The van der Waals surface area contributed by atoms with Gasteiger partial charge in [-0.25, -0.2) is 0 Å². The minimum absolute atomic E-state index is 0.432. The minimum Gasteiger partial charge on any atom is -0.366 e. The monoisotopic (exact) mass is 253 g/mol. The average molecular weight is 254 g/mol. The molecule has 2 unspecified atom stereocenters. The zero-order valence-corrected chi connectivity index (χ0v) is 11.2. The van der Waals surface area contributed by atoms with Gasteiger partial charge < -0.3 is 10.6 Å². The van der Waals surface area contributed by atoms with E-state index in [4.69, 9.17) is 17.3 Å². The standard InChI is InChI=1S/C13H20ClN3/c1-10-8-16(2)13(7-15)9-17(10)12-5-3-11(14)4-6-12/h3-6,10,13H,7-9,15H2,1-2H3. The lowest BCUT2D eigenvalue weighted by atomic mass is 10.1. The number of hydrogen-bond acceptors (Lipinski definition) is 3. The Bertz CT molecular complexity index is 365. The van der Waals surface area contributed by atoms with E-state index in [9.17, 15) is 0 Å². The zero-order chi connectivity index (χ0) is 12.4. The van der Waals surface area contributed by atoms with Gasteiger partial charge in [0, 0.05) is 42.4 Å². The zero-order valence-electron chi connectivity index (χ0n) is 10.4. The van der Waals surface area contributed by atoms with E-state index < -0.39 is 0 Å².